The number of hydrogen-bond acceptors (Lipinski definition) is 2. The Kier molecular flexibility index (Phi) is 2.40. The van der Waals surface area contributed by atoms with Crippen LogP contribution in [-0.4, -0.2) is 9.97 Å². The third-order valence-corrected chi connectivity index (χ3v) is 2.20. The van der Waals surface area contributed by atoms with Gasteiger partial charge in [-0.25, -0.2) is 13.8 Å². The molecule has 15 heavy (non-hydrogen) atoms. The van der Waals surface area contributed by atoms with Gasteiger partial charge in [-0.05, 0) is 12.1 Å². The molecule has 0 unspecified atom stereocenters. The second kappa shape index (κ2) is 3.58. The van der Waals surface area contributed by atoms with Gasteiger partial charge in [-0.1, -0.05) is 0 Å². The van der Waals surface area contributed by atoms with Gasteiger partial charge in [-0.2, -0.15) is 0 Å². The van der Waals surface area contributed by atoms with Crippen LogP contribution < -0.4 is 5.56 Å². The molecule has 2 aromatic rings. The van der Waals surface area contributed by atoms with Crippen LogP contribution in [0.15, 0.2) is 16.9 Å². The number of nitrogens with zero attached hydrogens (tertiary/aromatic N) is 1. The Labute approximate surface area is 87.7 Å². The Balaban J connectivity index is 2.93. The predicted octanol–water partition coefficient (Wildman–Crippen LogP) is 1.94. The molecular weight excluding hydrogens is 226 g/mol. The topological polar surface area (TPSA) is 45.8 Å². The summed E-state index contributed by atoms with van der Waals surface area (Å²) >= 11 is 5.44. The molecular formula is C9H5ClF2N2O. The lowest BCUT2D eigenvalue weighted by molar-refractivity contribution is 0.515. The maximum atomic E-state index is 13.3. The van der Waals surface area contributed by atoms with Crippen LogP contribution in [0, 0.1) is 11.6 Å². The van der Waals surface area contributed by atoms with Crippen molar-refractivity contribution < 1.29 is 8.78 Å². The Hall–Kier alpha value is -1.49. The zero-order chi connectivity index (χ0) is 11.0. The molecule has 2 rings (SSSR count). The van der Waals surface area contributed by atoms with E-state index in [0.29, 0.717) is 0 Å². The zero-order valence-electron chi connectivity index (χ0n) is 7.35. The minimum absolute atomic E-state index is 0.00256. The Morgan fingerprint density at radius 2 is 2.13 bits per heavy atom. The molecule has 0 aliphatic rings. The summed E-state index contributed by atoms with van der Waals surface area (Å²) in [5.74, 6) is -2.13. The van der Waals surface area contributed by atoms with Gasteiger partial charge in [0, 0.05) is 0 Å². The molecule has 0 bridgehead atoms. The van der Waals surface area contributed by atoms with Crippen molar-refractivity contribution >= 4 is 22.5 Å². The average Bonchev–Trinajstić information content (AvgIpc) is 2.23. The van der Waals surface area contributed by atoms with Crippen LogP contribution >= 0.6 is 11.6 Å². The summed E-state index contributed by atoms with van der Waals surface area (Å²) in [5.41, 5.74) is -0.830. The molecule has 0 fully saturated rings. The van der Waals surface area contributed by atoms with Crippen molar-refractivity contribution in [3.05, 3.63) is 39.9 Å². The number of benzene rings is 1. The van der Waals surface area contributed by atoms with Gasteiger partial charge in [0.2, 0.25) is 0 Å². The lowest BCUT2D eigenvalue weighted by atomic mass is 10.2. The molecule has 0 aliphatic carbocycles. The molecule has 0 atom stereocenters. The van der Waals surface area contributed by atoms with Crippen molar-refractivity contribution in [2.75, 3.05) is 0 Å². The van der Waals surface area contributed by atoms with Crippen LogP contribution in [0.4, 0.5) is 8.78 Å². The van der Waals surface area contributed by atoms with Crippen LogP contribution in [-0.2, 0) is 5.88 Å². The molecule has 0 amide bonds. The van der Waals surface area contributed by atoms with Crippen LogP contribution in [0.1, 0.15) is 5.82 Å². The molecule has 3 nitrogen and oxygen atoms in total. The maximum Gasteiger partial charge on any atom is 0.258 e. The van der Waals surface area contributed by atoms with Crippen LogP contribution in [0.25, 0.3) is 10.9 Å². The van der Waals surface area contributed by atoms with Crippen LogP contribution in [0.3, 0.4) is 0 Å². The standard InChI is InChI=1S/C9H5ClF2N2O/c10-3-6-13-8-4(9(15)14-6)1-2-5(11)7(8)12/h1-2H,3H2,(H,13,14,15). The Morgan fingerprint density at radius 3 is 2.80 bits per heavy atom. The highest BCUT2D eigenvalue weighted by Crippen LogP contribution is 2.15. The third-order valence-electron chi connectivity index (χ3n) is 1.94. The summed E-state index contributed by atoms with van der Waals surface area (Å²) in [6.07, 6.45) is 0. The van der Waals surface area contributed by atoms with Gasteiger partial charge < -0.3 is 4.98 Å². The molecule has 78 valence electrons. The molecule has 1 heterocycles. The number of H-pyrrole nitrogens is 1. The first-order valence-corrected chi connectivity index (χ1v) is 4.60. The van der Waals surface area contributed by atoms with Crippen molar-refractivity contribution in [3.63, 3.8) is 0 Å². The Morgan fingerprint density at radius 1 is 1.40 bits per heavy atom. The summed E-state index contributed by atoms with van der Waals surface area (Å²) in [6.45, 7) is 0. The monoisotopic (exact) mass is 230 g/mol. The van der Waals surface area contributed by atoms with E-state index in [1.165, 1.54) is 6.07 Å². The van der Waals surface area contributed by atoms with Crippen molar-refractivity contribution in [2.45, 2.75) is 5.88 Å². The van der Waals surface area contributed by atoms with Crippen molar-refractivity contribution in [2.24, 2.45) is 0 Å². The molecule has 1 aromatic carbocycles. The molecule has 0 spiro atoms. The van der Waals surface area contributed by atoms with Crippen molar-refractivity contribution in [1.82, 2.24) is 9.97 Å². The van der Waals surface area contributed by atoms with E-state index in [9.17, 15) is 13.6 Å². The smallest absolute Gasteiger partial charge is 0.258 e. The van der Waals surface area contributed by atoms with Gasteiger partial charge in [-0.3, -0.25) is 4.79 Å². The zero-order valence-corrected chi connectivity index (χ0v) is 8.11. The average molecular weight is 231 g/mol. The molecule has 1 N–H and O–H groups in total. The summed E-state index contributed by atoms with van der Waals surface area (Å²) in [4.78, 5) is 17.4. The van der Waals surface area contributed by atoms with Crippen molar-refractivity contribution in [1.29, 1.82) is 0 Å². The predicted molar refractivity (Wildman–Crippen MR) is 51.8 cm³/mol. The van der Waals surface area contributed by atoms with Crippen molar-refractivity contribution in [3.8, 4) is 0 Å². The van der Waals surface area contributed by atoms with E-state index >= 15 is 0 Å². The summed E-state index contributed by atoms with van der Waals surface area (Å²) in [6, 6.07) is 2.06. The normalized spacial score (nSPS) is 10.9. The second-order valence-electron chi connectivity index (χ2n) is 2.90. The van der Waals surface area contributed by atoms with Gasteiger partial charge in [0.1, 0.15) is 11.3 Å². The summed E-state index contributed by atoms with van der Waals surface area (Å²) < 4.78 is 26.1. The lowest BCUT2D eigenvalue weighted by Gasteiger charge is -2.01. The van der Waals surface area contributed by atoms with Gasteiger partial charge in [0.05, 0.1) is 11.3 Å². The fraction of sp³-hybridized carbons (Fsp3) is 0.111. The SMILES string of the molecule is O=c1[nH]c(CCl)nc2c(F)c(F)ccc12. The van der Waals surface area contributed by atoms with E-state index in [4.69, 9.17) is 11.6 Å². The van der Waals surface area contributed by atoms with E-state index in [2.05, 4.69) is 9.97 Å². The number of rotatable bonds is 1. The third kappa shape index (κ3) is 1.59. The van der Waals surface area contributed by atoms with Crippen LogP contribution in [0.2, 0.25) is 0 Å². The fourth-order valence-electron chi connectivity index (χ4n) is 1.26. The second-order valence-corrected chi connectivity index (χ2v) is 3.17. The number of aromatic amines is 1. The first-order chi connectivity index (χ1) is 7.13. The highest BCUT2D eigenvalue weighted by molar-refractivity contribution is 6.16. The molecule has 6 heteroatoms. The minimum atomic E-state index is -1.13. The molecule has 0 aliphatic heterocycles. The quantitative estimate of drug-likeness (QED) is 0.761. The number of alkyl halides is 1. The largest absolute Gasteiger partial charge is 0.309 e. The number of halogens is 3. The molecule has 0 saturated heterocycles. The number of nitrogens with one attached hydrogen (secondary N) is 1. The van der Waals surface area contributed by atoms with Gasteiger partial charge >= 0.3 is 0 Å². The molecule has 1 aromatic heterocycles. The minimum Gasteiger partial charge on any atom is -0.309 e. The number of aromatic nitrogens is 2. The van der Waals surface area contributed by atoms with E-state index in [1.54, 1.807) is 0 Å². The van der Waals surface area contributed by atoms with Gasteiger partial charge in [0.25, 0.3) is 5.56 Å². The van der Waals surface area contributed by atoms with Gasteiger partial charge in [-0.15, -0.1) is 11.6 Å². The summed E-state index contributed by atoms with van der Waals surface area (Å²) in [7, 11) is 0. The maximum absolute atomic E-state index is 13.3. The first-order valence-electron chi connectivity index (χ1n) is 4.06. The van der Waals surface area contributed by atoms with Crippen LogP contribution in [0.5, 0.6) is 0 Å². The number of fused-ring (bicyclic) bond motifs is 1. The first kappa shape index (κ1) is 10.0. The fourth-order valence-corrected chi connectivity index (χ4v) is 1.38. The Bertz CT molecular complexity index is 582. The molecule has 0 radical (unpaired) electrons. The van der Waals surface area contributed by atoms with E-state index in [0.717, 1.165) is 6.07 Å². The summed E-state index contributed by atoms with van der Waals surface area (Å²) in [5, 5.41) is 0.00256. The number of hydrogen-bond donors (Lipinski definition) is 1. The highest BCUT2D eigenvalue weighted by Gasteiger charge is 2.11. The van der Waals surface area contributed by atoms with E-state index < -0.39 is 17.2 Å². The highest BCUT2D eigenvalue weighted by atomic mass is 35.5. The van der Waals surface area contributed by atoms with Gasteiger partial charge in [0.15, 0.2) is 11.6 Å². The van der Waals surface area contributed by atoms with E-state index in [1.807, 2.05) is 0 Å². The van der Waals surface area contributed by atoms with E-state index in [-0.39, 0.29) is 22.6 Å². The lowest BCUT2D eigenvalue weighted by Crippen LogP contribution is -2.12. The molecule has 0 saturated carbocycles.